The zero-order chi connectivity index (χ0) is 14.5. The fraction of sp³-hybridized carbons (Fsp3) is 0.417. The molecule has 0 atom stereocenters. The Kier molecular flexibility index (Phi) is 5.81. The Hall–Kier alpha value is -1.08. The first kappa shape index (κ1) is 16.0. The minimum Gasteiger partial charge on any atom is -0.493 e. The summed E-state index contributed by atoms with van der Waals surface area (Å²) < 4.78 is 28.7. The zero-order valence-electron chi connectivity index (χ0n) is 10.4. The molecule has 1 aromatic carbocycles. The van der Waals surface area contributed by atoms with E-state index in [4.69, 9.17) is 9.84 Å². The van der Waals surface area contributed by atoms with Crippen molar-refractivity contribution in [3.05, 3.63) is 28.2 Å². The number of carbonyl (C=O) groups is 1. The van der Waals surface area contributed by atoms with Gasteiger partial charge in [0.2, 0.25) is 0 Å². The second-order valence-electron chi connectivity index (χ2n) is 3.95. The molecule has 1 aromatic rings. The molecule has 7 heteroatoms. The number of ether oxygens (including phenoxy) is 1. The average molecular weight is 351 g/mol. The summed E-state index contributed by atoms with van der Waals surface area (Å²) in [6, 6.07) is 4.50. The lowest BCUT2D eigenvalue weighted by atomic mass is 10.2. The number of sulfone groups is 1. The molecule has 0 amide bonds. The lowest BCUT2D eigenvalue weighted by Crippen LogP contribution is -2.16. The quantitative estimate of drug-likeness (QED) is 0.816. The van der Waals surface area contributed by atoms with Crippen LogP contribution in [0.15, 0.2) is 22.7 Å². The summed E-state index contributed by atoms with van der Waals surface area (Å²) in [5.74, 6) is -0.667. The number of aromatic carboxylic acids is 1. The molecule has 0 aliphatic carbocycles. The second kappa shape index (κ2) is 6.91. The van der Waals surface area contributed by atoms with E-state index in [2.05, 4.69) is 15.9 Å². The van der Waals surface area contributed by atoms with Crippen LogP contribution in [0.3, 0.4) is 0 Å². The summed E-state index contributed by atoms with van der Waals surface area (Å²) in [5.41, 5.74) is 0.0777. The van der Waals surface area contributed by atoms with Gasteiger partial charge in [-0.1, -0.05) is 6.92 Å². The third kappa shape index (κ3) is 5.20. The molecule has 0 aliphatic heterocycles. The predicted octanol–water partition coefficient (Wildman–Crippen LogP) is 2.35. The van der Waals surface area contributed by atoms with E-state index in [0.29, 0.717) is 16.6 Å². The van der Waals surface area contributed by atoms with Crippen molar-refractivity contribution < 1.29 is 23.1 Å². The maximum atomic E-state index is 11.5. The molecule has 0 radical (unpaired) electrons. The van der Waals surface area contributed by atoms with Crippen LogP contribution in [-0.2, 0) is 9.84 Å². The van der Waals surface area contributed by atoms with E-state index in [1.165, 1.54) is 6.07 Å². The van der Waals surface area contributed by atoms with Gasteiger partial charge >= 0.3 is 5.97 Å². The average Bonchev–Trinajstić information content (AvgIpc) is 2.30. The van der Waals surface area contributed by atoms with Gasteiger partial charge in [-0.05, 0) is 40.5 Å². The monoisotopic (exact) mass is 350 g/mol. The highest BCUT2D eigenvalue weighted by atomic mass is 79.9. The van der Waals surface area contributed by atoms with Crippen molar-refractivity contribution in [2.75, 3.05) is 18.1 Å². The molecule has 0 saturated carbocycles. The number of hydrogen-bond acceptors (Lipinski definition) is 4. The van der Waals surface area contributed by atoms with Gasteiger partial charge in [0.05, 0.1) is 17.1 Å². The van der Waals surface area contributed by atoms with E-state index < -0.39 is 15.8 Å². The van der Waals surface area contributed by atoms with Crippen molar-refractivity contribution >= 4 is 31.7 Å². The maximum Gasteiger partial charge on any atom is 0.336 e. The van der Waals surface area contributed by atoms with Crippen molar-refractivity contribution in [1.29, 1.82) is 0 Å². The first-order chi connectivity index (χ1) is 8.85. The van der Waals surface area contributed by atoms with Gasteiger partial charge in [-0.3, -0.25) is 0 Å². The normalized spacial score (nSPS) is 11.3. The Balaban J connectivity index is 2.64. The molecule has 0 unspecified atom stereocenters. The Labute approximate surface area is 120 Å². The van der Waals surface area contributed by atoms with Crippen LogP contribution in [-0.4, -0.2) is 37.6 Å². The minimum absolute atomic E-state index is 0.0169. The number of rotatable bonds is 7. The summed E-state index contributed by atoms with van der Waals surface area (Å²) in [6.45, 7) is 1.81. The Bertz CT molecular complexity index is 553. The molecule has 0 bridgehead atoms. The highest BCUT2D eigenvalue weighted by molar-refractivity contribution is 9.10. The van der Waals surface area contributed by atoms with Gasteiger partial charge in [0, 0.05) is 4.47 Å². The highest BCUT2D eigenvalue weighted by Crippen LogP contribution is 2.22. The Morgan fingerprint density at radius 2 is 2.05 bits per heavy atom. The van der Waals surface area contributed by atoms with Crippen LogP contribution < -0.4 is 4.74 Å². The summed E-state index contributed by atoms with van der Waals surface area (Å²) in [6.07, 6.45) is 0.573. The number of carboxylic acid groups (broad SMARTS) is 1. The van der Waals surface area contributed by atoms with Crippen LogP contribution in [0.4, 0.5) is 0 Å². The van der Waals surface area contributed by atoms with Gasteiger partial charge in [-0.25, -0.2) is 13.2 Å². The zero-order valence-corrected chi connectivity index (χ0v) is 12.8. The van der Waals surface area contributed by atoms with Crippen molar-refractivity contribution in [2.45, 2.75) is 13.3 Å². The molecule has 19 heavy (non-hydrogen) atoms. The van der Waals surface area contributed by atoms with Crippen molar-refractivity contribution in [1.82, 2.24) is 0 Å². The maximum absolute atomic E-state index is 11.5. The number of hydrogen-bond donors (Lipinski definition) is 1. The van der Waals surface area contributed by atoms with Crippen LogP contribution >= 0.6 is 15.9 Å². The standard InChI is InChI=1S/C12H15BrO5S/c1-2-6-19(16,17)7-5-18-9-3-4-11(13)10(8-9)12(14)15/h3-4,8H,2,5-7H2,1H3,(H,14,15). The summed E-state index contributed by atoms with van der Waals surface area (Å²) >= 11 is 3.12. The molecule has 0 spiro atoms. The van der Waals surface area contributed by atoms with Gasteiger partial charge < -0.3 is 9.84 Å². The van der Waals surface area contributed by atoms with E-state index in [9.17, 15) is 13.2 Å². The fourth-order valence-electron chi connectivity index (χ4n) is 1.46. The molecule has 5 nitrogen and oxygen atoms in total. The minimum atomic E-state index is -3.09. The van der Waals surface area contributed by atoms with Gasteiger partial charge in [-0.15, -0.1) is 0 Å². The lowest BCUT2D eigenvalue weighted by molar-refractivity contribution is 0.0695. The molecule has 0 fully saturated rings. The summed E-state index contributed by atoms with van der Waals surface area (Å²) in [4.78, 5) is 10.9. The SMILES string of the molecule is CCCS(=O)(=O)CCOc1ccc(Br)c(C(=O)O)c1. The van der Waals surface area contributed by atoms with E-state index in [1.807, 2.05) is 0 Å². The molecule has 0 aliphatic rings. The van der Waals surface area contributed by atoms with Crippen molar-refractivity contribution in [3.8, 4) is 5.75 Å². The molecular formula is C12H15BrO5S. The Morgan fingerprint density at radius 3 is 2.63 bits per heavy atom. The highest BCUT2D eigenvalue weighted by Gasteiger charge is 2.12. The van der Waals surface area contributed by atoms with E-state index in [1.54, 1.807) is 19.1 Å². The molecule has 0 saturated heterocycles. The van der Waals surface area contributed by atoms with Crippen LogP contribution in [0.2, 0.25) is 0 Å². The van der Waals surface area contributed by atoms with Crippen LogP contribution in [0.5, 0.6) is 5.75 Å². The molecule has 0 aromatic heterocycles. The molecular weight excluding hydrogens is 336 g/mol. The van der Waals surface area contributed by atoms with Gasteiger partial charge in [0.25, 0.3) is 0 Å². The van der Waals surface area contributed by atoms with Gasteiger partial charge in [0.1, 0.15) is 12.4 Å². The van der Waals surface area contributed by atoms with Crippen LogP contribution in [0, 0.1) is 0 Å². The molecule has 106 valence electrons. The summed E-state index contributed by atoms with van der Waals surface area (Å²) in [5, 5.41) is 8.93. The first-order valence-electron chi connectivity index (χ1n) is 5.72. The van der Waals surface area contributed by atoms with E-state index in [-0.39, 0.29) is 23.7 Å². The van der Waals surface area contributed by atoms with Gasteiger partial charge in [-0.2, -0.15) is 0 Å². The second-order valence-corrected chi connectivity index (χ2v) is 7.11. The number of halogens is 1. The van der Waals surface area contributed by atoms with Crippen LogP contribution in [0.25, 0.3) is 0 Å². The fourth-order valence-corrected chi connectivity index (χ4v) is 3.04. The number of benzene rings is 1. The van der Waals surface area contributed by atoms with Crippen molar-refractivity contribution in [3.63, 3.8) is 0 Å². The topological polar surface area (TPSA) is 80.7 Å². The molecule has 1 rings (SSSR count). The third-order valence-electron chi connectivity index (χ3n) is 2.35. The summed E-state index contributed by atoms with van der Waals surface area (Å²) in [7, 11) is -3.09. The van der Waals surface area contributed by atoms with E-state index >= 15 is 0 Å². The van der Waals surface area contributed by atoms with E-state index in [0.717, 1.165) is 0 Å². The lowest BCUT2D eigenvalue weighted by Gasteiger charge is -2.08. The predicted molar refractivity (Wildman–Crippen MR) is 75.5 cm³/mol. The molecule has 0 heterocycles. The number of carboxylic acids is 1. The largest absolute Gasteiger partial charge is 0.493 e. The van der Waals surface area contributed by atoms with Crippen molar-refractivity contribution in [2.24, 2.45) is 0 Å². The first-order valence-corrected chi connectivity index (χ1v) is 8.33. The van der Waals surface area contributed by atoms with Crippen LogP contribution in [0.1, 0.15) is 23.7 Å². The third-order valence-corrected chi connectivity index (χ3v) is 4.86. The Morgan fingerprint density at radius 1 is 1.37 bits per heavy atom. The van der Waals surface area contributed by atoms with Gasteiger partial charge in [0.15, 0.2) is 9.84 Å². The molecule has 1 N–H and O–H groups in total. The smallest absolute Gasteiger partial charge is 0.336 e.